The second-order valence-corrected chi connectivity index (χ2v) is 5.73. The summed E-state index contributed by atoms with van der Waals surface area (Å²) < 4.78 is 5.40. The summed E-state index contributed by atoms with van der Waals surface area (Å²) in [6, 6.07) is 4.20. The molecule has 0 spiro atoms. The van der Waals surface area contributed by atoms with Crippen molar-refractivity contribution in [3.8, 4) is 0 Å². The maximum Gasteiger partial charge on any atom is 0.249 e. The lowest BCUT2D eigenvalue weighted by Crippen LogP contribution is -2.38. The maximum absolute atomic E-state index is 12.0. The van der Waals surface area contributed by atoms with Crippen LogP contribution in [0.5, 0.6) is 0 Å². The van der Waals surface area contributed by atoms with Gasteiger partial charge in [-0.05, 0) is 30.2 Å². The van der Waals surface area contributed by atoms with E-state index in [1.165, 1.54) is 4.88 Å². The molecule has 0 unspecified atom stereocenters. The molecule has 1 aliphatic rings. The van der Waals surface area contributed by atoms with E-state index in [1.807, 2.05) is 11.4 Å². The van der Waals surface area contributed by atoms with Gasteiger partial charge in [-0.3, -0.25) is 4.79 Å². The second kappa shape index (κ2) is 5.65. The minimum absolute atomic E-state index is 0.0367. The van der Waals surface area contributed by atoms with Gasteiger partial charge < -0.3 is 10.1 Å². The number of hydrogen-bond donors (Lipinski definition) is 1. The van der Waals surface area contributed by atoms with Crippen LogP contribution in [0.2, 0.25) is 0 Å². The van der Waals surface area contributed by atoms with Gasteiger partial charge in [0.2, 0.25) is 5.91 Å². The smallest absolute Gasteiger partial charge is 0.249 e. The van der Waals surface area contributed by atoms with Gasteiger partial charge in [0.05, 0.1) is 6.04 Å². The van der Waals surface area contributed by atoms with Crippen LogP contribution < -0.4 is 5.32 Å². The van der Waals surface area contributed by atoms with Crippen molar-refractivity contribution in [3.05, 3.63) is 22.4 Å². The number of nitrogens with one attached hydrogen (secondary N) is 1. The molecule has 0 saturated carbocycles. The highest BCUT2D eigenvalue weighted by Gasteiger charge is 2.27. The zero-order chi connectivity index (χ0) is 12.3. The molecule has 0 bridgehead atoms. The van der Waals surface area contributed by atoms with E-state index >= 15 is 0 Å². The Labute approximate surface area is 106 Å². The minimum Gasteiger partial charge on any atom is -0.368 e. The van der Waals surface area contributed by atoms with Gasteiger partial charge >= 0.3 is 0 Å². The van der Waals surface area contributed by atoms with Gasteiger partial charge in [0, 0.05) is 11.5 Å². The first kappa shape index (κ1) is 12.6. The summed E-state index contributed by atoms with van der Waals surface area (Å²) in [5.74, 6) is 0.425. The Hall–Kier alpha value is -0.870. The molecule has 17 heavy (non-hydrogen) atoms. The first-order valence-corrected chi connectivity index (χ1v) is 7.02. The summed E-state index contributed by atoms with van der Waals surface area (Å²) in [7, 11) is 0. The van der Waals surface area contributed by atoms with Crippen LogP contribution >= 0.6 is 11.3 Å². The molecule has 0 radical (unpaired) electrons. The molecule has 1 aromatic heterocycles. The lowest BCUT2D eigenvalue weighted by molar-refractivity contribution is -0.131. The largest absolute Gasteiger partial charge is 0.368 e. The van der Waals surface area contributed by atoms with Gasteiger partial charge in [-0.15, -0.1) is 11.3 Å². The number of carbonyl (C=O) groups excluding carboxylic acids is 1. The normalized spacial score (nSPS) is 21.7. The van der Waals surface area contributed by atoms with Crippen molar-refractivity contribution >= 4 is 17.2 Å². The van der Waals surface area contributed by atoms with Crippen molar-refractivity contribution in [2.24, 2.45) is 5.92 Å². The van der Waals surface area contributed by atoms with E-state index in [9.17, 15) is 4.79 Å². The standard InChI is InChI=1S/C13H19NO2S/c1-9(2)12(11-6-4-8-17-11)14-13(15)10-5-3-7-16-10/h4,6,8-10,12H,3,5,7H2,1-2H3,(H,14,15)/t10-,12-/m1/s1. The lowest BCUT2D eigenvalue weighted by atomic mass is 10.0. The molecule has 2 atom stereocenters. The first-order valence-electron chi connectivity index (χ1n) is 6.14. The third-order valence-corrected chi connectivity index (χ3v) is 3.99. The van der Waals surface area contributed by atoms with Crippen molar-refractivity contribution in [2.45, 2.75) is 38.8 Å². The maximum atomic E-state index is 12.0. The number of thiophene rings is 1. The highest BCUT2D eigenvalue weighted by Crippen LogP contribution is 2.26. The molecule has 4 heteroatoms. The molecule has 1 N–H and O–H groups in total. The van der Waals surface area contributed by atoms with E-state index in [-0.39, 0.29) is 18.1 Å². The van der Waals surface area contributed by atoms with Gasteiger partial charge in [0.1, 0.15) is 6.10 Å². The summed E-state index contributed by atoms with van der Waals surface area (Å²) in [6.45, 7) is 4.96. The third-order valence-electron chi connectivity index (χ3n) is 3.04. The van der Waals surface area contributed by atoms with E-state index in [0.717, 1.165) is 12.8 Å². The summed E-state index contributed by atoms with van der Waals surface area (Å²) in [4.78, 5) is 13.2. The number of amides is 1. The van der Waals surface area contributed by atoms with E-state index in [0.29, 0.717) is 12.5 Å². The molecule has 1 amide bonds. The molecule has 2 heterocycles. The van der Waals surface area contributed by atoms with Crippen LogP contribution in [0.25, 0.3) is 0 Å². The fourth-order valence-electron chi connectivity index (χ4n) is 2.07. The quantitative estimate of drug-likeness (QED) is 0.896. The van der Waals surface area contributed by atoms with Crippen molar-refractivity contribution in [2.75, 3.05) is 6.61 Å². The summed E-state index contributed by atoms with van der Waals surface area (Å²) in [5, 5.41) is 5.15. The van der Waals surface area contributed by atoms with Crippen LogP contribution in [-0.4, -0.2) is 18.6 Å². The van der Waals surface area contributed by atoms with E-state index in [2.05, 4.69) is 25.2 Å². The van der Waals surface area contributed by atoms with E-state index in [4.69, 9.17) is 4.74 Å². The Kier molecular flexibility index (Phi) is 4.18. The lowest BCUT2D eigenvalue weighted by Gasteiger charge is -2.22. The summed E-state index contributed by atoms with van der Waals surface area (Å²) in [6.07, 6.45) is 1.60. The molecule has 2 rings (SSSR count). The summed E-state index contributed by atoms with van der Waals surface area (Å²) in [5.41, 5.74) is 0. The third kappa shape index (κ3) is 3.07. The molecule has 1 fully saturated rings. The predicted molar refractivity (Wildman–Crippen MR) is 69.0 cm³/mol. The van der Waals surface area contributed by atoms with Crippen molar-refractivity contribution in [1.82, 2.24) is 5.32 Å². The zero-order valence-corrected chi connectivity index (χ0v) is 11.1. The monoisotopic (exact) mass is 253 g/mol. The van der Waals surface area contributed by atoms with Gasteiger partial charge in [0.25, 0.3) is 0 Å². The predicted octanol–water partition coefficient (Wildman–Crippen LogP) is 2.74. The molecular weight excluding hydrogens is 234 g/mol. The van der Waals surface area contributed by atoms with Crippen molar-refractivity contribution in [3.63, 3.8) is 0 Å². The fraction of sp³-hybridized carbons (Fsp3) is 0.615. The fourth-order valence-corrected chi connectivity index (χ4v) is 3.01. The first-order chi connectivity index (χ1) is 8.18. The number of ether oxygens (including phenoxy) is 1. The number of carbonyl (C=O) groups is 1. The minimum atomic E-state index is -0.240. The van der Waals surface area contributed by atoms with Crippen LogP contribution in [0.4, 0.5) is 0 Å². The second-order valence-electron chi connectivity index (χ2n) is 4.75. The highest BCUT2D eigenvalue weighted by atomic mass is 32.1. The van der Waals surface area contributed by atoms with Gasteiger partial charge in [-0.2, -0.15) is 0 Å². The van der Waals surface area contributed by atoms with Gasteiger partial charge in [0.15, 0.2) is 0 Å². The molecular formula is C13H19NO2S. The molecule has 3 nitrogen and oxygen atoms in total. The highest BCUT2D eigenvalue weighted by molar-refractivity contribution is 7.10. The Morgan fingerprint density at radius 3 is 2.94 bits per heavy atom. The molecule has 94 valence electrons. The molecule has 1 aliphatic heterocycles. The Bertz CT molecular complexity index is 356. The number of rotatable bonds is 4. The summed E-state index contributed by atoms with van der Waals surface area (Å²) >= 11 is 1.69. The zero-order valence-electron chi connectivity index (χ0n) is 10.3. The Morgan fingerprint density at radius 2 is 2.41 bits per heavy atom. The molecule has 0 aromatic carbocycles. The van der Waals surface area contributed by atoms with Crippen LogP contribution in [0.1, 0.15) is 37.6 Å². The van der Waals surface area contributed by atoms with Gasteiger partial charge in [-0.1, -0.05) is 19.9 Å². The van der Waals surface area contributed by atoms with Crippen LogP contribution in [-0.2, 0) is 9.53 Å². The SMILES string of the molecule is CC(C)[C@@H](NC(=O)[C@H]1CCCO1)c1cccs1. The van der Waals surface area contributed by atoms with E-state index < -0.39 is 0 Å². The van der Waals surface area contributed by atoms with Crippen molar-refractivity contribution < 1.29 is 9.53 Å². The van der Waals surface area contributed by atoms with Gasteiger partial charge in [-0.25, -0.2) is 0 Å². The topological polar surface area (TPSA) is 38.3 Å². The van der Waals surface area contributed by atoms with Crippen LogP contribution in [0.15, 0.2) is 17.5 Å². The molecule has 1 saturated heterocycles. The average Bonchev–Trinajstić information content (AvgIpc) is 2.97. The van der Waals surface area contributed by atoms with Crippen LogP contribution in [0, 0.1) is 5.92 Å². The van der Waals surface area contributed by atoms with Crippen LogP contribution in [0.3, 0.4) is 0 Å². The average molecular weight is 253 g/mol. The molecule has 0 aliphatic carbocycles. The number of hydrogen-bond acceptors (Lipinski definition) is 3. The Morgan fingerprint density at radius 1 is 1.59 bits per heavy atom. The van der Waals surface area contributed by atoms with Crippen molar-refractivity contribution in [1.29, 1.82) is 0 Å². The Balaban J connectivity index is 2.00. The molecule has 1 aromatic rings. The van der Waals surface area contributed by atoms with E-state index in [1.54, 1.807) is 11.3 Å².